The summed E-state index contributed by atoms with van der Waals surface area (Å²) < 4.78 is 0. The van der Waals surface area contributed by atoms with Gasteiger partial charge < -0.3 is 10.6 Å². The predicted molar refractivity (Wildman–Crippen MR) is 81.1 cm³/mol. The van der Waals surface area contributed by atoms with Gasteiger partial charge in [-0.2, -0.15) is 0 Å². The first-order valence-corrected chi connectivity index (χ1v) is 8.11. The summed E-state index contributed by atoms with van der Waals surface area (Å²) >= 11 is 0. The molecule has 1 aliphatic carbocycles. The van der Waals surface area contributed by atoms with E-state index in [0.717, 1.165) is 12.5 Å². The average molecular weight is 268 g/mol. The van der Waals surface area contributed by atoms with Gasteiger partial charge in [-0.3, -0.25) is 4.79 Å². The molecule has 3 heteroatoms. The molecule has 0 spiro atoms. The molecule has 1 aliphatic rings. The highest BCUT2D eigenvalue weighted by Crippen LogP contribution is 2.26. The van der Waals surface area contributed by atoms with Gasteiger partial charge in [0.1, 0.15) is 0 Å². The van der Waals surface area contributed by atoms with Crippen LogP contribution >= 0.6 is 0 Å². The Balaban J connectivity index is 2.17. The van der Waals surface area contributed by atoms with Crippen LogP contribution in [0.3, 0.4) is 0 Å². The molecule has 1 amide bonds. The van der Waals surface area contributed by atoms with Gasteiger partial charge in [-0.05, 0) is 31.1 Å². The summed E-state index contributed by atoms with van der Waals surface area (Å²) in [5.41, 5.74) is 0. The van der Waals surface area contributed by atoms with Crippen molar-refractivity contribution in [1.82, 2.24) is 10.6 Å². The molecule has 0 aromatic heterocycles. The molecule has 0 aromatic carbocycles. The molecule has 2 N–H and O–H groups in total. The zero-order valence-corrected chi connectivity index (χ0v) is 13.0. The average Bonchev–Trinajstić information content (AvgIpc) is 2.60. The molecule has 0 heterocycles. The summed E-state index contributed by atoms with van der Waals surface area (Å²) in [6.45, 7) is 7.78. The molecule has 0 saturated heterocycles. The van der Waals surface area contributed by atoms with Crippen molar-refractivity contribution in [2.24, 2.45) is 11.8 Å². The lowest BCUT2D eigenvalue weighted by Crippen LogP contribution is -2.40. The van der Waals surface area contributed by atoms with Gasteiger partial charge in [0.15, 0.2) is 0 Å². The third-order valence-electron chi connectivity index (χ3n) is 4.04. The Bertz CT molecular complexity index is 253. The standard InChI is InChI=1S/C16H32N2O/c1-4-6-14-7-5-8-15(10-9-14)17-12-16(19)18-11-13(2)3/h13-15,17H,4-12H2,1-3H3,(H,18,19). The lowest BCUT2D eigenvalue weighted by atomic mass is 9.95. The van der Waals surface area contributed by atoms with Crippen LogP contribution in [-0.4, -0.2) is 25.0 Å². The van der Waals surface area contributed by atoms with E-state index in [4.69, 9.17) is 0 Å². The van der Waals surface area contributed by atoms with Crippen molar-refractivity contribution in [3.8, 4) is 0 Å². The molecule has 1 saturated carbocycles. The topological polar surface area (TPSA) is 41.1 Å². The minimum absolute atomic E-state index is 0.142. The quantitative estimate of drug-likeness (QED) is 0.697. The first kappa shape index (κ1) is 16.5. The Morgan fingerprint density at radius 3 is 2.68 bits per heavy atom. The maximum atomic E-state index is 11.7. The van der Waals surface area contributed by atoms with E-state index in [0.29, 0.717) is 18.5 Å². The van der Waals surface area contributed by atoms with Crippen LogP contribution in [0.25, 0.3) is 0 Å². The van der Waals surface area contributed by atoms with Gasteiger partial charge in [-0.15, -0.1) is 0 Å². The normalized spacial score (nSPS) is 24.2. The van der Waals surface area contributed by atoms with E-state index >= 15 is 0 Å². The van der Waals surface area contributed by atoms with Crippen molar-refractivity contribution >= 4 is 5.91 Å². The lowest BCUT2D eigenvalue weighted by Gasteiger charge is -2.17. The van der Waals surface area contributed by atoms with Crippen LogP contribution in [0.4, 0.5) is 0 Å². The Morgan fingerprint density at radius 2 is 2.00 bits per heavy atom. The molecule has 1 fully saturated rings. The minimum Gasteiger partial charge on any atom is -0.355 e. The van der Waals surface area contributed by atoms with E-state index in [1.54, 1.807) is 0 Å². The molecular formula is C16H32N2O. The van der Waals surface area contributed by atoms with E-state index in [-0.39, 0.29) is 5.91 Å². The molecule has 0 bridgehead atoms. The van der Waals surface area contributed by atoms with Crippen molar-refractivity contribution in [3.63, 3.8) is 0 Å². The molecule has 3 nitrogen and oxygen atoms in total. The van der Waals surface area contributed by atoms with E-state index in [2.05, 4.69) is 31.4 Å². The van der Waals surface area contributed by atoms with Crippen LogP contribution in [0, 0.1) is 11.8 Å². The van der Waals surface area contributed by atoms with Crippen molar-refractivity contribution < 1.29 is 4.79 Å². The third kappa shape index (κ3) is 7.56. The molecule has 2 atom stereocenters. The van der Waals surface area contributed by atoms with E-state index in [1.807, 2.05) is 0 Å². The number of carbonyl (C=O) groups excluding carboxylic acids is 1. The molecular weight excluding hydrogens is 236 g/mol. The molecule has 0 aromatic rings. The third-order valence-corrected chi connectivity index (χ3v) is 4.04. The Hall–Kier alpha value is -0.570. The zero-order valence-electron chi connectivity index (χ0n) is 13.0. The van der Waals surface area contributed by atoms with E-state index in [9.17, 15) is 4.79 Å². The maximum Gasteiger partial charge on any atom is 0.233 e. The second-order valence-corrected chi connectivity index (χ2v) is 6.44. The predicted octanol–water partition coefficient (Wildman–Crippen LogP) is 3.10. The molecule has 1 rings (SSSR count). The first-order chi connectivity index (χ1) is 9.11. The van der Waals surface area contributed by atoms with Crippen LogP contribution in [0.15, 0.2) is 0 Å². The molecule has 0 aliphatic heterocycles. The fraction of sp³-hybridized carbons (Fsp3) is 0.938. The highest BCUT2D eigenvalue weighted by atomic mass is 16.1. The van der Waals surface area contributed by atoms with Gasteiger partial charge in [-0.1, -0.05) is 46.5 Å². The summed E-state index contributed by atoms with van der Waals surface area (Å²) in [5, 5.41) is 6.40. The zero-order chi connectivity index (χ0) is 14.1. The Morgan fingerprint density at radius 1 is 1.21 bits per heavy atom. The fourth-order valence-corrected chi connectivity index (χ4v) is 2.90. The Labute approximate surface area is 118 Å². The summed E-state index contributed by atoms with van der Waals surface area (Å²) in [7, 11) is 0. The summed E-state index contributed by atoms with van der Waals surface area (Å²) in [6.07, 6.45) is 9.18. The SMILES string of the molecule is CCCC1CCCC(NCC(=O)NCC(C)C)CC1. The number of carbonyl (C=O) groups is 1. The maximum absolute atomic E-state index is 11.7. The Kier molecular flexibility index (Phi) is 8.11. The summed E-state index contributed by atoms with van der Waals surface area (Å²) in [4.78, 5) is 11.7. The van der Waals surface area contributed by atoms with Crippen molar-refractivity contribution in [1.29, 1.82) is 0 Å². The first-order valence-electron chi connectivity index (χ1n) is 8.11. The van der Waals surface area contributed by atoms with Crippen LogP contribution < -0.4 is 10.6 Å². The van der Waals surface area contributed by atoms with E-state index in [1.165, 1.54) is 44.9 Å². The molecule has 19 heavy (non-hydrogen) atoms. The van der Waals surface area contributed by atoms with Crippen LogP contribution in [0.2, 0.25) is 0 Å². The largest absolute Gasteiger partial charge is 0.355 e. The molecule has 2 unspecified atom stereocenters. The van der Waals surface area contributed by atoms with Crippen LogP contribution in [0.1, 0.15) is 65.7 Å². The fourth-order valence-electron chi connectivity index (χ4n) is 2.90. The van der Waals surface area contributed by atoms with Crippen LogP contribution in [-0.2, 0) is 4.79 Å². The highest BCUT2D eigenvalue weighted by Gasteiger charge is 2.18. The summed E-state index contributed by atoms with van der Waals surface area (Å²) in [6, 6.07) is 0.548. The van der Waals surface area contributed by atoms with Gasteiger partial charge in [-0.25, -0.2) is 0 Å². The van der Waals surface area contributed by atoms with Gasteiger partial charge >= 0.3 is 0 Å². The molecule has 0 radical (unpaired) electrons. The monoisotopic (exact) mass is 268 g/mol. The van der Waals surface area contributed by atoms with Gasteiger partial charge in [0, 0.05) is 12.6 Å². The van der Waals surface area contributed by atoms with Crippen molar-refractivity contribution in [3.05, 3.63) is 0 Å². The molecule has 112 valence electrons. The highest BCUT2D eigenvalue weighted by molar-refractivity contribution is 5.77. The lowest BCUT2D eigenvalue weighted by molar-refractivity contribution is -0.120. The van der Waals surface area contributed by atoms with Crippen molar-refractivity contribution in [2.75, 3.05) is 13.1 Å². The summed E-state index contributed by atoms with van der Waals surface area (Å²) in [5.74, 6) is 1.59. The van der Waals surface area contributed by atoms with Crippen LogP contribution in [0.5, 0.6) is 0 Å². The number of hydrogen-bond acceptors (Lipinski definition) is 2. The number of nitrogens with one attached hydrogen (secondary N) is 2. The van der Waals surface area contributed by atoms with Gasteiger partial charge in [0.05, 0.1) is 6.54 Å². The minimum atomic E-state index is 0.142. The second-order valence-electron chi connectivity index (χ2n) is 6.44. The second kappa shape index (κ2) is 9.35. The number of amides is 1. The van der Waals surface area contributed by atoms with Gasteiger partial charge in [0.25, 0.3) is 0 Å². The van der Waals surface area contributed by atoms with E-state index < -0.39 is 0 Å². The van der Waals surface area contributed by atoms with Crippen molar-refractivity contribution in [2.45, 2.75) is 71.8 Å². The number of hydrogen-bond donors (Lipinski definition) is 2. The van der Waals surface area contributed by atoms with Gasteiger partial charge in [0.2, 0.25) is 5.91 Å². The number of rotatable bonds is 7. The smallest absolute Gasteiger partial charge is 0.233 e.